The molecule has 0 fully saturated rings. The van der Waals surface area contributed by atoms with Gasteiger partial charge in [-0.15, -0.1) is 0 Å². The van der Waals surface area contributed by atoms with Crippen LogP contribution >= 0.6 is 11.6 Å². The lowest BCUT2D eigenvalue weighted by atomic mass is 10.1. The van der Waals surface area contributed by atoms with Crippen molar-refractivity contribution in [3.05, 3.63) is 33.8 Å². The number of alkyl halides is 3. The summed E-state index contributed by atoms with van der Waals surface area (Å²) >= 11 is 5.67. The Labute approximate surface area is 106 Å². The zero-order valence-corrected chi connectivity index (χ0v) is 9.89. The molecule has 1 aromatic rings. The van der Waals surface area contributed by atoms with Crippen molar-refractivity contribution < 1.29 is 22.7 Å². The van der Waals surface area contributed by atoms with Gasteiger partial charge in [-0.05, 0) is 19.1 Å². The van der Waals surface area contributed by atoms with Crippen LogP contribution in [0.3, 0.4) is 0 Å². The number of rotatable bonds is 2. The molecule has 0 aromatic heterocycles. The van der Waals surface area contributed by atoms with Gasteiger partial charge in [-0.2, -0.15) is 18.4 Å². The largest absolute Gasteiger partial charge is 0.462 e. The predicted octanol–water partition coefficient (Wildman–Crippen LogP) is 3.41. The number of halogens is 4. The molecule has 1 aromatic carbocycles. The van der Waals surface area contributed by atoms with E-state index in [4.69, 9.17) is 16.9 Å². The van der Waals surface area contributed by atoms with Crippen LogP contribution in [-0.4, -0.2) is 12.6 Å². The minimum Gasteiger partial charge on any atom is -0.462 e. The van der Waals surface area contributed by atoms with Crippen LogP contribution in [0.15, 0.2) is 12.1 Å². The van der Waals surface area contributed by atoms with Gasteiger partial charge in [0.15, 0.2) is 0 Å². The summed E-state index contributed by atoms with van der Waals surface area (Å²) in [5.74, 6) is -0.995. The molecular formula is C11H7ClF3NO2. The SMILES string of the molecule is CCOC(=O)c1cc(C(F)(F)F)cc(C#N)c1Cl. The first-order valence-corrected chi connectivity index (χ1v) is 5.17. The van der Waals surface area contributed by atoms with Crippen LogP contribution in [0.2, 0.25) is 5.02 Å². The Balaban J connectivity index is 3.42. The standard InChI is InChI=1S/C11H7ClF3NO2/c1-2-18-10(17)8-4-7(11(13,14)15)3-6(5-16)9(8)12/h3-4H,2H2,1H3. The second-order valence-corrected chi connectivity index (χ2v) is 3.59. The zero-order valence-electron chi connectivity index (χ0n) is 9.14. The van der Waals surface area contributed by atoms with E-state index in [9.17, 15) is 18.0 Å². The average molecular weight is 278 g/mol. The quantitative estimate of drug-likeness (QED) is 0.778. The second-order valence-electron chi connectivity index (χ2n) is 3.22. The fraction of sp³-hybridized carbons (Fsp3) is 0.273. The molecule has 7 heteroatoms. The third-order valence-electron chi connectivity index (χ3n) is 2.02. The molecule has 18 heavy (non-hydrogen) atoms. The molecule has 0 spiro atoms. The topological polar surface area (TPSA) is 50.1 Å². The van der Waals surface area contributed by atoms with Gasteiger partial charge in [-0.25, -0.2) is 4.79 Å². The summed E-state index contributed by atoms with van der Waals surface area (Å²) in [6.45, 7) is 1.50. The number of benzene rings is 1. The van der Waals surface area contributed by atoms with Crippen LogP contribution in [0.25, 0.3) is 0 Å². The predicted molar refractivity (Wildman–Crippen MR) is 57.1 cm³/mol. The third kappa shape index (κ3) is 2.93. The highest BCUT2D eigenvalue weighted by atomic mass is 35.5. The smallest absolute Gasteiger partial charge is 0.416 e. The Morgan fingerprint density at radius 2 is 2.11 bits per heavy atom. The number of hydrogen-bond donors (Lipinski definition) is 0. The van der Waals surface area contributed by atoms with Crippen molar-refractivity contribution in [1.29, 1.82) is 5.26 Å². The summed E-state index contributed by atoms with van der Waals surface area (Å²) in [7, 11) is 0. The zero-order chi connectivity index (χ0) is 13.9. The van der Waals surface area contributed by atoms with Crippen molar-refractivity contribution in [1.82, 2.24) is 0 Å². The molecule has 0 radical (unpaired) electrons. The summed E-state index contributed by atoms with van der Waals surface area (Å²) in [6, 6.07) is 2.66. The first-order valence-electron chi connectivity index (χ1n) is 4.79. The van der Waals surface area contributed by atoms with Gasteiger partial charge in [0.2, 0.25) is 0 Å². The van der Waals surface area contributed by atoms with Crippen molar-refractivity contribution in [2.75, 3.05) is 6.61 Å². The average Bonchev–Trinajstić information content (AvgIpc) is 2.28. The molecular weight excluding hydrogens is 271 g/mol. The molecule has 0 bridgehead atoms. The van der Waals surface area contributed by atoms with Crippen molar-refractivity contribution in [3.63, 3.8) is 0 Å². The molecule has 0 aliphatic heterocycles. The van der Waals surface area contributed by atoms with Crippen LogP contribution in [0, 0.1) is 11.3 Å². The molecule has 0 saturated carbocycles. The molecule has 0 saturated heterocycles. The van der Waals surface area contributed by atoms with Crippen molar-refractivity contribution >= 4 is 17.6 Å². The molecule has 0 amide bonds. The number of ether oxygens (including phenoxy) is 1. The first kappa shape index (κ1) is 14.3. The van der Waals surface area contributed by atoms with E-state index >= 15 is 0 Å². The Kier molecular flexibility index (Phi) is 4.19. The van der Waals surface area contributed by atoms with Gasteiger partial charge in [-0.3, -0.25) is 0 Å². The maximum Gasteiger partial charge on any atom is 0.416 e. The van der Waals surface area contributed by atoms with E-state index in [1.807, 2.05) is 0 Å². The fourth-order valence-corrected chi connectivity index (χ4v) is 1.46. The van der Waals surface area contributed by atoms with Gasteiger partial charge < -0.3 is 4.74 Å². The normalized spacial score (nSPS) is 10.9. The van der Waals surface area contributed by atoms with Gasteiger partial charge in [0.1, 0.15) is 6.07 Å². The number of carbonyl (C=O) groups is 1. The Morgan fingerprint density at radius 1 is 1.50 bits per heavy atom. The van der Waals surface area contributed by atoms with Gasteiger partial charge >= 0.3 is 12.1 Å². The van der Waals surface area contributed by atoms with Crippen molar-refractivity contribution in [2.45, 2.75) is 13.1 Å². The summed E-state index contributed by atoms with van der Waals surface area (Å²) in [6.07, 6.45) is -4.67. The summed E-state index contributed by atoms with van der Waals surface area (Å²) < 4.78 is 42.3. The highest BCUT2D eigenvalue weighted by Crippen LogP contribution is 2.34. The van der Waals surface area contributed by atoms with Gasteiger partial charge in [-0.1, -0.05) is 11.6 Å². The second kappa shape index (κ2) is 5.27. The minimum atomic E-state index is -4.67. The Hall–Kier alpha value is -1.74. The lowest BCUT2D eigenvalue weighted by Gasteiger charge is -2.11. The van der Waals surface area contributed by atoms with Gasteiger partial charge in [0, 0.05) is 0 Å². The highest BCUT2D eigenvalue weighted by Gasteiger charge is 2.33. The van der Waals surface area contributed by atoms with E-state index in [1.165, 1.54) is 13.0 Å². The number of hydrogen-bond acceptors (Lipinski definition) is 3. The van der Waals surface area contributed by atoms with Crippen molar-refractivity contribution in [2.24, 2.45) is 0 Å². The number of carbonyl (C=O) groups excluding carboxylic acids is 1. The lowest BCUT2D eigenvalue weighted by molar-refractivity contribution is -0.137. The number of nitriles is 1. The molecule has 0 aliphatic rings. The van der Waals surface area contributed by atoms with E-state index in [0.717, 1.165) is 0 Å². The first-order chi connectivity index (χ1) is 8.31. The molecule has 96 valence electrons. The van der Waals surface area contributed by atoms with E-state index in [0.29, 0.717) is 12.1 Å². The summed E-state index contributed by atoms with van der Waals surface area (Å²) in [5.41, 5.74) is -2.01. The molecule has 0 heterocycles. The number of nitrogens with zero attached hydrogens (tertiary/aromatic N) is 1. The fourth-order valence-electron chi connectivity index (χ4n) is 1.23. The van der Waals surface area contributed by atoms with Crippen molar-refractivity contribution in [3.8, 4) is 6.07 Å². The van der Waals surface area contributed by atoms with E-state index in [-0.39, 0.29) is 11.6 Å². The molecule has 0 unspecified atom stereocenters. The summed E-state index contributed by atoms with van der Waals surface area (Å²) in [5, 5.41) is 8.35. The molecule has 3 nitrogen and oxygen atoms in total. The van der Waals surface area contributed by atoms with E-state index in [1.54, 1.807) is 0 Å². The molecule has 1 rings (SSSR count). The monoisotopic (exact) mass is 277 g/mol. The molecule has 0 N–H and O–H groups in total. The maximum absolute atomic E-state index is 12.6. The van der Waals surface area contributed by atoms with Gasteiger partial charge in [0.05, 0.1) is 28.3 Å². The van der Waals surface area contributed by atoms with Crippen LogP contribution in [0.5, 0.6) is 0 Å². The molecule has 0 aliphatic carbocycles. The van der Waals surface area contributed by atoms with Gasteiger partial charge in [0.25, 0.3) is 0 Å². The minimum absolute atomic E-state index is 0.00665. The highest BCUT2D eigenvalue weighted by molar-refractivity contribution is 6.34. The van der Waals surface area contributed by atoms with Crippen LogP contribution in [0.4, 0.5) is 13.2 Å². The van der Waals surface area contributed by atoms with E-state index in [2.05, 4.69) is 4.74 Å². The van der Waals surface area contributed by atoms with Crippen LogP contribution in [0.1, 0.15) is 28.4 Å². The Morgan fingerprint density at radius 3 is 2.56 bits per heavy atom. The number of esters is 1. The third-order valence-corrected chi connectivity index (χ3v) is 2.42. The lowest BCUT2D eigenvalue weighted by Crippen LogP contribution is -2.11. The van der Waals surface area contributed by atoms with Crippen LogP contribution < -0.4 is 0 Å². The van der Waals surface area contributed by atoms with Crippen LogP contribution in [-0.2, 0) is 10.9 Å². The molecule has 0 atom stereocenters. The Bertz CT molecular complexity index is 520. The van der Waals surface area contributed by atoms with E-state index < -0.39 is 28.8 Å². The summed E-state index contributed by atoms with van der Waals surface area (Å²) in [4.78, 5) is 11.4. The maximum atomic E-state index is 12.6.